The SMILES string of the molecule is [2H]C([2H])([2H])c1cc(Cl)cc2c1OC(C(F)(F)F)C(OC(=O)O)=C2. The highest BCUT2D eigenvalue weighted by atomic mass is 35.5. The number of hydrogen-bond donors (Lipinski definition) is 1. The summed E-state index contributed by atoms with van der Waals surface area (Å²) >= 11 is 5.75. The van der Waals surface area contributed by atoms with Crippen molar-refractivity contribution in [3.05, 3.63) is 34.0 Å². The van der Waals surface area contributed by atoms with Crippen LogP contribution in [0.4, 0.5) is 18.0 Å². The minimum atomic E-state index is -5.01. The molecule has 0 radical (unpaired) electrons. The van der Waals surface area contributed by atoms with Crippen LogP contribution in [0.2, 0.25) is 5.02 Å². The fourth-order valence-corrected chi connectivity index (χ4v) is 1.90. The summed E-state index contributed by atoms with van der Waals surface area (Å²) in [5, 5.41) is 8.47. The van der Waals surface area contributed by atoms with Crippen molar-refractivity contribution < 1.29 is 36.7 Å². The van der Waals surface area contributed by atoms with Crippen LogP contribution in [0.5, 0.6) is 5.75 Å². The van der Waals surface area contributed by atoms with Gasteiger partial charge in [-0.25, -0.2) is 4.79 Å². The Bertz CT molecular complexity index is 685. The van der Waals surface area contributed by atoms with E-state index in [0.29, 0.717) is 0 Å². The van der Waals surface area contributed by atoms with Gasteiger partial charge in [0, 0.05) is 14.7 Å². The van der Waals surface area contributed by atoms with Gasteiger partial charge in [0.1, 0.15) is 5.75 Å². The molecule has 0 aliphatic carbocycles. The fraction of sp³-hybridized carbons (Fsp3) is 0.250. The molecular formula is C12H8ClF3O4. The Hall–Kier alpha value is -1.89. The quantitative estimate of drug-likeness (QED) is 0.796. The van der Waals surface area contributed by atoms with E-state index in [1.54, 1.807) is 0 Å². The normalized spacial score (nSPS) is 20.7. The van der Waals surface area contributed by atoms with E-state index in [4.69, 9.17) is 25.6 Å². The van der Waals surface area contributed by atoms with Gasteiger partial charge in [0.2, 0.25) is 0 Å². The molecule has 1 heterocycles. The number of ether oxygens (including phenoxy) is 2. The standard InChI is InChI=1S/C12H8ClF3O4/c1-5-2-7(13)3-6-4-8(19-11(17)18)10(12(14,15)16)20-9(5)6/h2-4,10H,1H3,(H,17,18)/i1D3. The highest BCUT2D eigenvalue weighted by Crippen LogP contribution is 2.40. The summed E-state index contributed by atoms with van der Waals surface area (Å²) in [6, 6.07) is 2.11. The highest BCUT2D eigenvalue weighted by molar-refractivity contribution is 6.30. The minimum absolute atomic E-state index is 0.0603. The van der Waals surface area contributed by atoms with Crippen molar-refractivity contribution >= 4 is 23.8 Å². The highest BCUT2D eigenvalue weighted by Gasteiger charge is 2.48. The van der Waals surface area contributed by atoms with Gasteiger partial charge in [-0.3, -0.25) is 0 Å². The Morgan fingerprint density at radius 2 is 2.25 bits per heavy atom. The molecule has 0 amide bonds. The second kappa shape index (κ2) is 4.90. The molecule has 1 aliphatic heterocycles. The summed E-state index contributed by atoms with van der Waals surface area (Å²) in [5.41, 5.74) is -0.639. The number of rotatable bonds is 1. The van der Waals surface area contributed by atoms with E-state index in [1.165, 1.54) is 0 Å². The molecule has 20 heavy (non-hydrogen) atoms. The van der Waals surface area contributed by atoms with E-state index >= 15 is 0 Å². The predicted octanol–water partition coefficient (Wildman–Crippen LogP) is 4.01. The maximum Gasteiger partial charge on any atom is 0.511 e. The van der Waals surface area contributed by atoms with E-state index in [-0.39, 0.29) is 10.6 Å². The third-order valence-electron chi connectivity index (χ3n) is 2.38. The summed E-state index contributed by atoms with van der Waals surface area (Å²) < 4.78 is 70.0. The van der Waals surface area contributed by atoms with Crippen molar-refractivity contribution in [1.82, 2.24) is 0 Å². The molecule has 1 atom stereocenters. The molecule has 8 heteroatoms. The zero-order valence-electron chi connectivity index (χ0n) is 12.5. The fourth-order valence-electron chi connectivity index (χ4n) is 1.67. The molecule has 0 bridgehead atoms. The molecule has 0 spiro atoms. The number of alkyl halides is 3. The summed E-state index contributed by atoms with van der Waals surface area (Å²) in [5.74, 6) is -1.58. The largest absolute Gasteiger partial charge is 0.511 e. The lowest BCUT2D eigenvalue weighted by molar-refractivity contribution is -0.191. The van der Waals surface area contributed by atoms with Gasteiger partial charge in [-0.05, 0) is 30.6 Å². The first-order valence-electron chi connectivity index (χ1n) is 6.59. The van der Waals surface area contributed by atoms with E-state index < -0.39 is 42.4 Å². The van der Waals surface area contributed by atoms with Gasteiger partial charge >= 0.3 is 12.3 Å². The third kappa shape index (κ3) is 2.82. The molecule has 2 rings (SSSR count). The molecule has 0 saturated carbocycles. The molecule has 1 aliphatic rings. The lowest BCUT2D eigenvalue weighted by Gasteiger charge is -2.28. The average molecular weight is 312 g/mol. The monoisotopic (exact) mass is 311 g/mol. The van der Waals surface area contributed by atoms with E-state index in [1.807, 2.05) is 0 Å². The Morgan fingerprint density at radius 1 is 1.55 bits per heavy atom. The van der Waals surface area contributed by atoms with Crippen LogP contribution in [0.1, 0.15) is 15.2 Å². The van der Waals surface area contributed by atoms with Crippen molar-refractivity contribution in [2.75, 3.05) is 0 Å². The van der Waals surface area contributed by atoms with Crippen molar-refractivity contribution in [2.24, 2.45) is 0 Å². The lowest BCUT2D eigenvalue weighted by Crippen LogP contribution is -2.39. The number of fused-ring (bicyclic) bond motifs is 1. The Kier molecular flexibility index (Phi) is 2.66. The number of hydrogen-bond acceptors (Lipinski definition) is 3. The van der Waals surface area contributed by atoms with Gasteiger partial charge in [0.25, 0.3) is 6.10 Å². The maximum atomic E-state index is 13.0. The molecule has 1 N–H and O–H groups in total. The number of halogens is 4. The lowest BCUT2D eigenvalue weighted by atomic mass is 10.0. The minimum Gasteiger partial charge on any atom is -0.472 e. The van der Waals surface area contributed by atoms with Gasteiger partial charge in [0.15, 0.2) is 5.76 Å². The average Bonchev–Trinajstić information content (AvgIpc) is 2.33. The molecule has 108 valence electrons. The molecule has 0 aromatic heterocycles. The first-order valence-corrected chi connectivity index (χ1v) is 5.47. The van der Waals surface area contributed by atoms with Crippen LogP contribution in [-0.4, -0.2) is 23.5 Å². The van der Waals surface area contributed by atoms with Crippen LogP contribution in [0, 0.1) is 6.85 Å². The Labute approximate surface area is 120 Å². The molecule has 1 unspecified atom stereocenters. The second-order valence-corrected chi connectivity index (χ2v) is 4.26. The summed E-state index contributed by atoms with van der Waals surface area (Å²) in [6.45, 7) is -2.77. The summed E-state index contributed by atoms with van der Waals surface area (Å²) in [7, 11) is 0. The van der Waals surface area contributed by atoms with Gasteiger partial charge < -0.3 is 14.6 Å². The van der Waals surface area contributed by atoms with E-state index in [9.17, 15) is 18.0 Å². The Morgan fingerprint density at radius 3 is 2.80 bits per heavy atom. The van der Waals surface area contributed by atoms with Crippen LogP contribution in [0.3, 0.4) is 0 Å². The first kappa shape index (κ1) is 10.8. The van der Waals surface area contributed by atoms with Crippen LogP contribution >= 0.6 is 11.6 Å². The van der Waals surface area contributed by atoms with Gasteiger partial charge in [0.05, 0.1) is 0 Å². The van der Waals surface area contributed by atoms with Gasteiger partial charge in [-0.15, -0.1) is 0 Å². The third-order valence-corrected chi connectivity index (χ3v) is 2.59. The number of aryl methyl sites for hydroxylation is 1. The predicted molar refractivity (Wildman–Crippen MR) is 63.7 cm³/mol. The number of carbonyl (C=O) groups is 1. The first-order chi connectivity index (χ1) is 10.4. The molecule has 1 aromatic rings. The van der Waals surface area contributed by atoms with E-state index in [2.05, 4.69) is 4.74 Å². The smallest absolute Gasteiger partial charge is 0.472 e. The molecule has 1 aromatic carbocycles. The molecule has 0 saturated heterocycles. The van der Waals surface area contributed by atoms with Crippen molar-refractivity contribution in [1.29, 1.82) is 0 Å². The van der Waals surface area contributed by atoms with E-state index in [0.717, 1.165) is 18.2 Å². The molecule has 4 nitrogen and oxygen atoms in total. The van der Waals surface area contributed by atoms with Crippen molar-refractivity contribution in [3.63, 3.8) is 0 Å². The van der Waals surface area contributed by atoms with Crippen molar-refractivity contribution in [3.8, 4) is 5.75 Å². The van der Waals surface area contributed by atoms with Crippen LogP contribution in [0.15, 0.2) is 17.9 Å². The van der Waals surface area contributed by atoms with Crippen molar-refractivity contribution in [2.45, 2.75) is 19.1 Å². The maximum absolute atomic E-state index is 13.0. The zero-order chi connectivity index (χ0) is 17.6. The summed E-state index contributed by atoms with van der Waals surface area (Å²) in [6.07, 6.45) is -8.97. The van der Waals surface area contributed by atoms with Crippen LogP contribution in [-0.2, 0) is 4.74 Å². The van der Waals surface area contributed by atoms with Gasteiger partial charge in [-0.1, -0.05) is 11.6 Å². The topological polar surface area (TPSA) is 55.8 Å². The number of carboxylic acid groups (broad SMARTS) is 1. The Balaban J connectivity index is 2.65. The van der Waals surface area contributed by atoms with Crippen LogP contribution < -0.4 is 4.74 Å². The second-order valence-electron chi connectivity index (χ2n) is 3.83. The van der Waals surface area contributed by atoms with Gasteiger partial charge in [-0.2, -0.15) is 13.2 Å². The summed E-state index contributed by atoms with van der Waals surface area (Å²) in [4.78, 5) is 10.5. The molecular weight excluding hydrogens is 301 g/mol. The van der Waals surface area contributed by atoms with Crippen LogP contribution in [0.25, 0.3) is 6.08 Å². The zero-order valence-corrected chi connectivity index (χ0v) is 10.2. The number of benzene rings is 1. The molecule has 0 fully saturated rings.